The molecule has 0 bridgehead atoms. The Morgan fingerprint density at radius 2 is 1.73 bits per heavy atom. The molecule has 30 heavy (non-hydrogen) atoms. The number of anilines is 1. The number of fused-ring (bicyclic) bond motifs is 1. The van der Waals surface area contributed by atoms with Gasteiger partial charge in [-0.1, -0.05) is 72.5 Å². The van der Waals surface area contributed by atoms with E-state index in [-0.39, 0.29) is 15.1 Å². The molecule has 6 nitrogen and oxygen atoms in total. The number of hydrogen-bond donors (Lipinski definition) is 0. The van der Waals surface area contributed by atoms with Crippen LogP contribution >= 0.6 is 24.0 Å². The topological polar surface area (TPSA) is 66.9 Å². The zero-order chi connectivity index (χ0) is 21.4. The second-order valence-corrected chi connectivity index (χ2v) is 8.48. The summed E-state index contributed by atoms with van der Waals surface area (Å²) in [6.07, 6.45) is 0. The second kappa shape index (κ2) is 8.04. The number of carbonyl (C=O) groups is 3. The molecule has 1 saturated heterocycles. The zero-order valence-corrected chi connectivity index (χ0v) is 18.0. The summed E-state index contributed by atoms with van der Waals surface area (Å²) in [7, 11) is 1.26. The smallest absolute Gasteiger partial charge is 0.328 e. The van der Waals surface area contributed by atoms with Crippen LogP contribution in [-0.4, -0.2) is 40.2 Å². The lowest BCUT2D eigenvalue weighted by molar-refractivity contribution is -0.147. The molecule has 1 unspecified atom stereocenters. The van der Waals surface area contributed by atoms with Gasteiger partial charge < -0.3 is 9.64 Å². The standard InChI is InChI=1S/C22H18N2O4S2/c1-13(21(27)28-2)24-20(26)18(30-22(24)29)17-15-10-6-7-11-16(15)23(19(17)25)12-14-8-4-3-5-9-14/h3-11,13H,12H2,1-2H3. The minimum atomic E-state index is -0.868. The van der Waals surface area contributed by atoms with Gasteiger partial charge in [-0.05, 0) is 18.6 Å². The number of esters is 1. The van der Waals surface area contributed by atoms with E-state index in [4.69, 9.17) is 17.0 Å². The molecule has 2 amide bonds. The van der Waals surface area contributed by atoms with Crippen molar-refractivity contribution < 1.29 is 19.1 Å². The quantitative estimate of drug-likeness (QED) is 0.414. The van der Waals surface area contributed by atoms with Crippen molar-refractivity contribution >= 4 is 57.3 Å². The van der Waals surface area contributed by atoms with Gasteiger partial charge in [0, 0.05) is 5.56 Å². The van der Waals surface area contributed by atoms with Crippen LogP contribution in [0.1, 0.15) is 18.1 Å². The van der Waals surface area contributed by atoms with Crippen LogP contribution in [0, 0.1) is 0 Å². The predicted molar refractivity (Wildman–Crippen MR) is 120 cm³/mol. The summed E-state index contributed by atoms with van der Waals surface area (Å²) in [4.78, 5) is 41.7. The van der Waals surface area contributed by atoms with Crippen LogP contribution in [0.4, 0.5) is 5.69 Å². The maximum absolute atomic E-state index is 13.4. The Morgan fingerprint density at radius 1 is 1.07 bits per heavy atom. The van der Waals surface area contributed by atoms with Gasteiger partial charge in [0.05, 0.1) is 29.8 Å². The van der Waals surface area contributed by atoms with Crippen molar-refractivity contribution in [1.82, 2.24) is 4.90 Å². The first-order valence-corrected chi connectivity index (χ1v) is 10.5. The van der Waals surface area contributed by atoms with E-state index >= 15 is 0 Å². The van der Waals surface area contributed by atoms with E-state index < -0.39 is 17.9 Å². The van der Waals surface area contributed by atoms with Gasteiger partial charge in [0.1, 0.15) is 10.4 Å². The monoisotopic (exact) mass is 438 g/mol. The fourth-order valence-corrected chi connectivity index (χ4v) is 5.05. The Kier molecular flexibility index (Phi) is 5.44. The van der Waals surface area contributed by atoms with Crippen molar-refractivity contribution in [3.63, 3.8) is 0 Å². The Balaban J connectivity index is 1.76. The maximum Gasteiger partial charge on any atom is 0.328 e. The fraction of sp³-hybridized carbons (Fsp3) is 0.182. The first-order valence-electron chi connectivity index (χ1n) is 9.26. The van der Waals surface area contributed by atoms with Crippen LogP contribution in [0.25, 0.3) is 5.57 Å². The normalized spacial score (nSPS) is 19.3. The molecule has 1 fully saturated rings. The van der Waals surface area contributed by atoms with Crippen LogP contribution in [-0.2, 0) is 25.7 Å². The van der Waals surface area contributed by atoms with E-state index in [1.54, 1.807) is 11.8 Å². The third-order valence-corrected chi connectivity index (χ3v) is 6.46. The molecule has 2 aliphatic rings. The number of amides is 2. The summed E-state index contributed by atoms with van der Waals surface area (Å²) in [6.45, 7) is 1.94. The molecule has 0 aromatic heterocycles. The summed E-state index contributed by atoms with van der Waals surface area (Å²) in [5, 5.41) is 0. The Labute approximate surface area is 183 Å². The van der Waals surface area contributed by atoms with E-state index in [2.05, 4.69) is 0 Å². The van der Waals surface area contributed by atoms with Gasteiger partial charge in [-0.15, -0.1) is 0 Å². The van der Waals surface area contributed by atoms with E-state index in [1.807, 2.05) is 54.6 Å². The number of nitrogens with zero attached hydrogens (tertiary/aromatic N) is 2. The third-order valence-electron chi connectivity index (χ3n) is 5.06. The average Bonchev–Trinajstić information content (AvgIpc) is 3.20. The predicted octanol–water partition coefficient (Wildman–Crippen LogP) is 3.37. The van der Waals surface area contributed by atoms with Crippen molar-refractivity contribution in [1.29, 1.82) is 0 Å². The van der Waals surface area contributed by atoms with Gasteiger partial charge in [-0.2, -0.15) is 0 Å². The van der Waals surface area contributed by atoms with Gasteiger partial charge in [0.15, 0.2) is 0 Å². The van der Waals surface area contributed by atoms with Crippen molar-refractivity contribution in [2.45, 2.75) is 19.5 Å². The molecule has 152 valence electrons. The Morgan fingerprint density at radius 3 is 2.43 bits per heavy atom. The molecule has 0 radical (unpaired) electrons. The Hall–Kier alpha value is -2.97. The van der Waals surface area contributed by atoms with Crippen molar-refractivity contribution in [3.8, 4) is 0 Å². The lowest BCUT2D eigenvalue weighted by Crippen LogP contribution is -2.42. The van der Waals surface area contributed by atoms with E-state index in [9.17, 15) is 14.4 Å². The summed E-state index contributed by atoms with van der Waals surface area (Å²) in [5.74, 6) is -1.28. The van der Waals surface area contributed by atoms with Crippen LogP contribution in [0.15, 0.2) is 59.5 Å². The lowest BCUT2D eigenvalue weighted by atomic mass is 10.1. The molecule has 8 heteroatoms. The van der Waals surface area contributed by atoms with Gasteiger partial charge in [0.2, 0.25) is 0 Å². The highest BCUT2D eigenvalue weighted by molar-refractivity contribution is 8.26. The molecule has 0 N–H and O–H groups in total. The number of rotatable bonds is 4. The zero-order valence-electron chi connectivity index (χ0n) is 16.3. The van der Waals surface area contributed by atoms with Crippen LogP contribution < -0.4 is 4.90 Å². The first-order chi connectivity index (χ1) is 14.4. The fourth-order valence-electron chi connectivity index (χ4n) is 3.56. The minimum absolute atomic E-state index is 0.229. The SMILES string of the molecule is COC(=O)C(C)N1C(=O)C(=C2C(=O)N(Cc3ccccc3)c3ccccc32)SC1=S. The number of ether oxygens (including phenoxy) is 1. The molecular formula is C22H18N2O4S2. The minimum Gasteiger partial charge on any atom is -0.467 e. The molecule has 0 saturated carbocycles. The van der Waals surface area contributed by atoms with Crippen LogP contribution in [0.2, 0.25) is 0 Å². The van der Waals surface area contributed by atoms with Crippen LogP contribution in [0.3, 0.4) is 0 Å². The Bertz CT molecular complexity index is 1100. The van der Waals surface area contributed by atoms with E-state index in [0.717, 1.165) is 23.0 Å². The van der Waals surface area contributed by atoms with Crippen molar-refractivity contribution in [2.75, 3.05) is 12.0 Å². The van der Waals surface area contributed by atoms with Crippen LogP contribution in [0.5, 0.6) is 0 Å². The number of hydrogen-bond acceptors (Lipinski definition) is 6. The van der Waals surface area contributed by atoms with Gasteiger partial charge >= 0.3 is 5.97 Å². The average molecular weight is 439 g/mol. The van der Waals surface area contributed by atoms with E-state index in [1.165, 1.54) is 12.0 Å². The number of carbonyl (C=O) groups excluding carboxylic acids is 3. The third kappa shape index (κ3) is 3.32. The number of para-hydroxylation sites is 1. The molecule has 2 aromatic rings. The highest BCUT2D eigenvalue weighted by Gasteiger charge is 2.44. The van der Waals surface area contributed by atoms with Crippen molar-refractivity contribution in [3.05, 3.63) is 70.6 Å². The molecule has 2 aliphatic heterocycles. The molecule has 2 aromatic carbocycles. The van der Waals surface area contributed by atoms with E-state index in [0.29, 0.717) is 17.7 Å². The molecule has 1 atom stereocenters. The molecule has 2 heterocycles. The van der Waals surface area contributed by atoms with Crippen molar-refractivity contribution in [2.24, 2.45) is 0 Å². The number of thiocarbonyl (C=S) groups is 1. The molecule has 4 rings (SSSR count). The van der Waals surface area contributed by atoms with Gasteiger partial charge in [0.25, 0.3) is 11.8 Å². The molecular weight excluding hydrogens is 420 g/mol. The molecule has 0 aliphatic carbocycles. The summed E-state index contributed by atoms with van der Waals surface area (Å²) in [6, 6.07) is 16.2. The number of benzene rings is 2. The number of thioether (sulfide) groups is 1. The largest absolute Gasteiger partial charge is 0.467 e. The highest BCUT2D eigenvalue weighted by atomic mass is 32.2. The first kappa shape index (κ1) is 20.3. The summed E-state index contributed by atoms with van der Waals surface area (Å²) >= 11 is 6.39. The highest BCUT2D eigenvalue weighted by Crippen LogP contribution is 2.45. The van der Waals surface area contributed by atoms with Gasteiger partial charge in [-0.3, -0.25) is 14.5 Å². The lowest BCUT2D eigenvalue weighted by Gasteiger charge is -2.20. The second-order valence-electron chi connectivity index (χ2n) is 6.84. The molecule has 0 spiro atoms. The number of methoxy groups -OCH3 is 1. The summed E-state index contributed by atoms with van der Waals surface area (Å²) in [5.41, 5.74) is 2.73. The summed E-state index contributed by atoms with van der Waals surface area (Å²) < 4.78 is 4.98. The maximum atomic E-state index is 13.4. The van der Waals surface area contributed by atoms with Gasteiger partial charge in [-0.25, -0.2) is 4.79 Å².